The van der Waals surface area contributed by atoms with E-state index in [2.05, 4.69) is 5.10 Å². The molecule has 0 saturated heterocycles. The highest BCUT2D eigenvalue weighted by molar-refractivity contribution is 5.81. The summed E-state index contributed by atoms with van der Waals surface area (Å²) in [4.78, 5) is 0. The van der Waals surface area contributed by atoms with E-state index in [4.69, 9.17) is 21.1 Å². The van der Waals surface area contributed by atoms with Gasteiger partial charge >= 0.3 is 0 Å². The normalized spacial score (nSPS) is 11.1. The molecule has 0 aliphatic carbocycles. The highest BCUT2D eigenvalue weighted by atomic mass is 16.5. The van der Waals surface area contributed by atoms with Crippen molar-refractivity contribution in [3.05, 3.63) is 54.6 Å². The van der Waals surface area contributed by atoms with E-state index in [0.717, 1.165) is 11.5 Å². The van der Waals surface area contributed by atoms with Gasteiger partial charge in [0.2, 0.25) is 0 Å². The largest absolute Gasteiger partial charge is 0.486 e. The molecule has 0 atom stereocenters. The summed E-state index contributed by atoms with van der Waals surface area (Å²) in [5.74, 6) is 7.45. The SMILES string of the molecule is N/N=C(\N)COc1ccc(Oc2ccccc2)cc1. The van der Waals surface area contributed by atoms with Gasteiger partial charge in [-0.25, -0.2) is 0 Å². The molecule has 0 aliphatic heterocycles. The maximum atomic E-state index is 5.66. The molecule has 0 spiro atoms. The topological polar surface area (TPSA) is 82.9 Å². The molecular weight excluding hydrogens is 242 g/mol. The van der Waals surface area contributed by atoms with Crippen molar-refractivity contribution in [2.75, 3.05) is 6.61 Å². The standard InChI is InChI=1S/C14H15N3O2/c15-14(17-16)10-18-11-6-8-13(9-7-11)19-12-4-2-1-3-5-12/h1-9H,10,16H2,(H2,15,17). The monoisotopic (exact) mass is 257 g/mol. The number of para-hydroxylation sites is 1. The molecule has 0 radical (unpaired) electrons. The highest BCUT2D eigenvalue weighted by Gasteiger charge is 1.99. The molecule has 2 rings (SSSR count). The summed E-state index contributed by atoms with van der Waals surface area (Å²) in [5, 5.41) is 3.32. The van der Waals surface area contributed by atoms with Gasteiger partial charge in [-0.1, -0.05) is 18.2 Å². The van der Waals surface area contributed by atoms with Crippen molar-refractivity contribution in [2.24, 2.45) is 16.7 Å². The van der Waals surface area contributed by atoms with Gasteiger partial charge in [-0.15, -0.1) is 0 Å². The lowest BCUT2D eigenvalue weighted by atomic mass is 10.3. The molecule has 19 heavy (non-hydrogen) atoms. The molecule has 0 saturated carbocycles. The van der Waals surface area contributed by atoms with E-state index < -0.39 is 0 Å². The van der Waals surface area contributed by atoms with Crippen LogP contribution in [-0.2, 0) is 0 Å². The van der Waals surface area contributed by atoms with Crippen LogP contribution in [0.4, 0.5) is 0 Å². The third-order valence-electron chi connectivity index (χ3n) is 2.36. The first-order valence-electron chi connectivity index (χ1n) is 5.76. The zero-order valence-corrected chi connectivity index (χ0v) is 10.3. The molecule has 2 aromatic carbocycles. The van der Waals surface area contributed by atoms with Crippen LogP contribution in [0.3, 0.4) is 0 Å². The molecule has 5 nitrogen and oxygen atoms in total. The minimum absolute atomic E-state index is 0.162. The van der Waals surface area contributed by atoms with Gasteiger partial charge in [-0.2, -0.15) is 5.10 Å². The number of benzene rings is 2. The van der Waals surface area contributed by atoms with Crippen LogP contribution < -0.4 is 21.1 Å². The molecule has 4 N–H and O–H groups in total. The Morgan fingerprint density at radius 1 is 0.895 bits per heavy atom. The number of amidine groups is 1. The Balaban J connectivity index is 1.95. The second-order valence-corrected chi connectivity index (χ2v) is 3.80. The molecule has 0 fully saturated rings. The Morgan fingerprint density at radius 3 is 2.11 bits per heavy atom. The van der Waals surface area contributed by atoms with Gasteiger partial charge in [-0.3, -0.25) is 0 Å². The first-order valence-corrected chi connectivity index (χ1v) is 5.76. The average Bonchev–Trinajstić information content (AvgIpc) is 2.47. The van der Waals surface area contributed by atoms with Gasteiger partial charge in [0, 0.05) is 0 Å². The third kappa shape index (κ3) is 3.92. The summed E-state index contributed by atoms with van der Waals surface area (Å²) in [6.07, 6.45) is 0. The zero-order chi connectivity index (χ0) is 13.5. The van der Waals surface area contributed by atoms with Crippen LogP contribution in [0.1, 0.15) is 0 Å². The maximum Gasteiger partial charge on any atom is 0.157 e. The van der Waals surface area contributed by atoms with Crippen molar-refractivity contribution in [2.45, 2.75) is 0 Å². The predicted molar refractivity (Wildman–Crippen MR) is 74.3 cm³/mol. The summed E-state index contributed by atoms with van der Waals surface area (Å²) in [6, 6.07) is 16.8. The summed E-state index contributed by atoms with van der Waals surface area (Å²) in [5.41, 5.74) is 5.43. The number of hydrogen-bond donors (Lipinski definition) is 2. The third-order valence-corrected chi connectivity index (χ3v) is 2.36. The molecule has 0 bridgehead atoms. The van der Waals surface area contributed by atoms with E-state index in [1.165, 1.54) is 0 Å². The number of nitrogens with two attached hydrogens (primary N) is 2. The van der Waals surface area contributed by atoms with Gasteiger partial charge in [0.25, 0.3) is 0 Å². The minimum atomic E-state index is 0.162. The van der Waals surface area contributed by atoms with Crippen molar-refractivity contribution in [1.82, 2.24) is 0 Å². The lowest BCUT2D eigenvalue weighted by molar-refractivity contribution is 0.374. The van der Waals surface area contributed by atoms with E-state index in [-0.39, 0.29) is 12.4 Å². The maximum absolute atomic E-state index is 5.66. The molecular formula is C14H15N3O2. The van der Waals surface area contributed by atoms with Crippen molar-refractivity contribution in [3.8, 4) is 17.2 Å². The molecule has 2 aromatic rings. The number of hydrogen-bond acceptors (Lipinski definition) is 4. The first kappa shape index (κ1) is 12.8. The second kappa shape index (κ2) is 6.30. The quantitative estimate of drug-likeness (QED) is 0.372. The van der Waals surface area contributed by atoms with Crippen molar-refractivity contribution < 1.29 is 9.47 Å². The molecule has 0 heterocycles. The van der Waals surface area contributed by atoms with Crippen molar-refractivity contribution in [3.63, 3.8) is 0 Å². The Hall–Kier alpha value is -2.69. The van der Waals surface area contributed by atoms with Crippen LogP contribution in [0.25, 0.3) is 0 Å². The fraction of sp³-hybridized carbons (Fsp3) is 0.0714. The zero-order valence-electron chi connectivity index (χ0n) is 10.3. The van der Waals surface area contributed by atoms with E-state index >= 15 is 0 Å². The highest BCUT2D eigenvalue weighted by Crippen LogP contribution is 2.23. The van der Waals surface area contributed by atoms with Crippen LogP contribution in [0.5, 0.6) is 17.2 Å². The second-order valence-electron chi connectivity index (χ2n) is 3.80. The van der Waals surface area contributed by atoms with Gasteiger partial charge < -0.3 is 21.1 Å². The summed E-state index contributed by atoms with van der Waals surface area (Å²) in [7, 11) is 0. The molecule has 98 valence electrons. The lowest BCUT2D eigenvalue weighted by Crippen LogP contribution is -2.22. The Kier molecular flexibility index (Phi) is 4.23. The van der Waals surface area contributed by atoms with Gasteiger partial charge in [-0.05, 0) is 36.4 Å². The van der Waals surface area contributed by atoms with Crippen LogP contribution in [0, 0.1) is 0 Å². The number of rotatable bonds is 5. The average molecular weight is 257 g/mol. The predicted octanol–water partition coefficient (Wildman–Crippen LogP) is 2.09. The Bertz CT molecular complexity index is 538. The summed E-state index contributed by atoms with van der Waals surface area (Å²) in [6.45, 7) is 0.162. The Morgan fingerprint density at radius 2 is 1.47 bits per heavy atom. The molecule has 0 aliphatic rings. The van der Waals surface area contributed by atoms with Crippen LogP contribution in [-0.4, -0.2) is 12.4 Å². The van der Waals surface area contributed by atoms with Crippen molar-refractivity contribution in [1.29, 1.82) is 0 Å². The van der Waals surface area contributed by atoms with Crippen LogP contribution in [0.2, 0.25) is 0 Å². The smallest absolute Gasteiger partial charge is 0.157 e. The minimum Gasteiger partial charge on any atom is -0.486 e. The first-order chi connectivity index (χ1) is 9.28. The Labute approximate surface area is 111 Å². The molecule has 0 unspecified atom stereocenters. The van der Waals surface area contributed by atoms with Crippen molar-refractivity contribution >= 4 is 5.84 Å². The fourth-order valence-corrected chi connectivity index (χ4v) is 1.42. The molecule has 5 heteroatoms. The number of ether oxygens (including phenoxy) is 2. The fourth-order valence-electron chi connectivity index (χ4n) is 1.42. The summed E-state index contributed by atoms with van der Waals surface area (Å²) < 4.78 is 11.0. The van der Waals surface area contributed by atoms with Gasteiger partial charge in [0.15, 0.2) is 5.84 Å². The number of hydrazone groups is 1. The van der Waals surface area contributed by atoms with E-state index in [1.807, 2.05) is 42.5 Å². The van der Waals surface area contributed by atoms with Crippen LogP contribution >= 0.6 is 0 Å². The number of nitrogens with zero attached hydrogens (tertiary/aromatic N) is 1. The van der Waals surface area contributed by atoms with E-state index in [9.17, 15) is 0 Å². The van der Waals surface area contributed by atoms with Gasteiger partial charge in [0.1, 0.15) is 23.9 Å². The lowest BCUT2D eigenvalue weighted by Gasteiger charge is -2.08. The summed E-state index contributed by atoms with van der Waals surface area (Å²) >= 11 is 0. The van der Waals surface area contributed by atoms with Crippen LogP contribution in [0.15, 0.2) is 59.7 Å². The van der Waals surface area contributed by atoms with E-state index in [0.29, 0.717) is 5.75 Å². The molecule has 0 amide bonds. The van der Waals surface area contributed by atoms with E-state index in [1.54, 1.807) is 12.1 Å². The van der Waals surface area contributed by atoms with Gasteiger partial charge in [0.05, 0.1) is 0 Å². The molecule has 0 aromatic heterocycles.